The molecule has 10 atom stereocenters. The number of aliphatic carboxylic acids is 1. The first-order chi connectivity index (χ1) is 15.6. The molecule has 0 heterocycles. The van der Waals surface area contributed by atoms with E-state index in [1.807, 2.05) is 19.9 Å². The van der Waals surface area contributed by atoms with Crippen molar-refractivity contribution in [2.75, 3.05) is 0 Å². The number of aliphatic hydroxyl groups is 1. The van der Waals surface area contributed by atoms with Crippen molar-refractivity contribution in [2.45, 2.75) is 111 Å². The first kappa shape index (κ1) is 24.5. The lowest BCUT2D eigenvalue weighted by molar-refractivity contribution is -0.189. The summed E-state index contributed by atoms with van der Waals surface area (Å²) in [5.74, 6) is -0.336. The standard InChI is InChI=1S/C29H45NO4/c1-24-11-12-25(2,23(33)34)16-18(24)17-15-19(31)22-26(3)9-8-21(32)29(6,30)20(26)7-10-28(22,5)27(17,4)14-13-24/h15,18,20-22,32H,7-14,16,30H2,1-6H3,(H,33,34)/t18-,20+,21-,22+,24+,25-,26-,27+,28+,29-/m0/s1. The summed E-state index contributed by atoms with van der Waals surface area (Å²) in [4.78, 5) is 26.4. The molecule has 4 fully saturated rings. The summed E-state index contributed by atoms with van der Waals surface area (Å²) in [5, 5.41) is 20.8. The summed E-state index contributed by atoms with van der Waals surface area (Å²) in [5.41, 5.74) is 6.12. The lowest BCUT2D eigenvalue weighted by Crippen LogP contribution is -2.70. The molecule has 0 bridgehead atoms. The largest absolute Gasteiger partial charge is 0.481 e. The van der Waals surface area contributed by atoms with Gasteiger partial charge in [-0.25, -0.2) is 0 Å². The van der Waals surface area contributed by atoms with Crippen molar-refractivity contribution in [3.63, 3.8) is 0 Å². The Hall–Kier alpha value is -1.20. The molecule has 34 heavy (non-hydrogen) atoms. The van der Waals surface area contributed by atoms with Crippen LogP contribution in [0.4, 0.5) is 0 Å². The molecule has 0 aliphatic heterocycles. The van der Waals surface area contributed by atoms with Crippen molar-refractivity contribution in [3.8, 4) is 0 Å². The predicted molar refractivity (Wildman–Crippen MR) is 132 cm³/mol. The monoisotopic (exact) mass is 471 g/mol. The number of carbonyl (C=O) groups is 2. The van der Waals surface area contributed by atoms with E-state index in [4.69, 9.17) is 5.73 Å². The highest BCUT2D eigenvalue weighted by Gasteiger charge is 2.70. The number of allylic oxidation sites excluding steroid dienone is 2. The zero-order chi connectivity index (χ0) is 25.1. The third-order valence-corrected chi connectivity index (χ3v) is 12.8. The minimum atomic E-state index is -0.728. The third-order valence-electron chi connectivity index (χ3n) is 12.8. The van der Waals surface area contributed by atoms with Crippen LogP contribution in [0.3, 0.4) is 0 Å². The van der Waals surface area contributed by atoms with E-state index >= 15 is 0 Å². The molecule has 5 aliphatic carbocycles. The fourth-order valence-electron chi connectivity index (χ4n) is 10.1. The summed E-state index contributed by atoms with van der Waals surface area (Å²) in [6, 6.07) is 0. The van der Waals surface area contributed by atoms with Gasteiger partial charge in [-0.2, -0.15) is 0 Å². The second kappa shape index (κ2) is 6.97. The molecule has 5 aliphatic rings. The van der Waals surface area contributed by atoms with E-state index in [0.717, 1.165) is 38.5 Å². The molecule has 0 saturated heterocycles. The highest BCUT2D eigenvalue weighted by atomic mass is 16.4. The molecular weight excluding hydrogens is 426 g/mol. The molecule has 0 aromatic carbocycles. The molecule has 0 amide bonds. The lowest BCUT2D eigenvalue weighted by atomic mass is 9.34. The average Bonchev–Trinajstić information content (AvgIpc) is 2.73. The van der Waals surface area contributed by atoms with Gasteiger partial charge in [-0.1, -0.05) is 33.3 Å². The molecule has 4 N–H and O–H groups in total. The normalized spacial score (nSPS) is 56.9. The van der Waals surface area contributed by atoms with E-state index in [9.17, 15) is 19.8 Å². The van der Waals surface area contributed by atoms with Crippen LogP contribution in [0, 0.1) is 44.8 Å². The van der Waals surface area contributed by atoms with E-state index in [2.05, 4.69) is 27.7 Å². The summed E-state index contributed by atoms with van der Waals surface area (Å²) in [6.07, 6.45) is 9.17. The smallest absolute Gasteiger partial charge is 0.309 e. The zero-order valence-electron chi connectivity index (χ0n) is 22.0. The van der Waals surface area contributed by atoms with Gasteiger partial charge in [-0.3, -0.25) is 9.59 Å². The molecule has 0 aromatic rings. The fraction of sp³-hybridized carbons (Fsp3) is 0.862. The van der Waals surface area contributed by atoms with Gasteiger partial charge < -0.3 is 15.9 Å². The second-order valence-corrected chi connectivity index (χ2v) is 14.5. The van der Waals surface area contributed by atoms with Gasteiger partial charge in [-0.05, 0) is 111 Å². The van der Waals surface area contributed by atoms with Gasteiger partial charge in [0.25, 0.3) is 0 Å². The Morgan fingerprint density at radius 3 is 2.26 bits per heavy atom. The third kappa shape index (κ3) is 2.80. The molecule has 0 aromatic heterocycles. The molecule has 190 valence electrons. The van der Waals surface area contributed by atoms with Crippen LogP contribution in [0.2, 0.25) is 0 Å². The SMILES string of the molecule is C[C@]1(C(=O)O)CC[C@]2(C)CC[C@]3(C)C(=CC(=O)[C@@H]4[C@@]5(C)CC[C@H](O)[C@@](C)(N)[C@@H]5CC[C@]43C)[C@@H]2C1. The summed E-state index contributed by atoms with van der Waals surface area (Å²) >= 11 is 0. The number of nitrogens with two attached hydrogens (primary N) is 1. The Balaban J connectivity index is 1.62. The van der Waals surface area contributed by atoms with Crippen molar-refractivity contribution >= 4 is 11.8 Å². The summed E-state index contributed by atoms with van der Waals surface area (Å²) in [6.45, 7) is 13.2. The van der Waals surface area contributed by atoms with Crippen molar-refractivity contribution in [2.24, 2.45) is 50.6 Å². The van der Waals surface area contributed by atoms with Gasteiger partial charge in [0.15, 0.2) is 5.78 Å². The van der Waals surface area contributed by atoms with Crippen molar-refractivity contribution in [1.82, 2.24) is 0 Å². The Morgan fingerprint density at radius 2 is 1.62 bits per heavy atom. The number of hydrogen-bond donors (Lipinski definition) is 3. The number of ketones is 1. The maximum Gasteiger partial charge on any atom is 0.309 e. The van der Waals surface area contributed by atoms with Crippen LogP contribution in [0.5, 0.6) is 0 Å². The van der Waals surface area contributed by atoms with E-state index in [1.165, 1.54) is 5.57 Å². The number of aliphatic hydroxyl groups excluding tert-OH is 1. The predicted octanol–water partition coefficient (Wildman–Crippen LogP) is 5.10. The first-order valence-electron chi connectivity index (χ1n) is 13.5. The number of fused-ring (bicyclic) bond motifs is 7. The number of carboxylic acid groups (broad SMARTS) is 1. The molecular formula is C29H45NO4. The second-order valence-electron chi connectivity index (χ2n) is 14.5. The maximum atomic E-state index is 14.2. The first-order valence-corrected chi connectivity index (χ1v) is 13.5. The van der Waals surface area contributed by atoms with Gasteiger partial charge in [0.05, 0.1) is 11.5 Å². The number of carboxylic acids is 1. The minimum Gasteiger partial charge on any atom is -0.481 e. The molecule has 5 rings (SSSR count). The van der Waals surface area contributed by atoms with Gasteiger partial charge in [0, 0.05) is 11.5 Å². The molecule has 0 spiro atoms. The molecule has 0 radical (unpaired) electrons. The number of carbonyl (C=O) groups excluding carboxylic acids is 1. The summed E-state index contributed by atoms with van der Waals surface area (Å²) in [7, 11) is 0. The molecule has 4 saturated carbocycles. The maximum absolute atomic E-state index is 14.2. The van der Waals surface area contributed by atoms with Crippen molar-refractivity contribution < 1.29 is 19.8 Å². The van der Waals surface area contributed by atoms with Crippen LogP contribution in [-0.2, 0) is 9.59 Å². The number of hydrogen-bond acceptors (Lipinski definition) is 4. The van der Waals surface area contributed by atoms with Crippen LogP contribution < -0.4 is 5.73 Å². The van der Waals surface area contributed by atoms with Gasteiger partial charge >= 0.3 is 5.97 Å². The fourth-order valence-corrected chi connectivity index (χ4v) is 10.1. The van der Waals surface area contributed by atoms with Gasteiger partial charge in [-0.15, -0.1) is 0 Å². The number of rotatable bonds is 1. The molecule has 5 nitrogen and oxygen atoms in total. The highest BCUT2D eigenvalue weighted by Crippen LogP contribution is 2.74. The Kier molecular flexibility index (Phi) is 5.02. The van der Waals surface area contributed by atoms with E-state index in [1.54, 1.807) is 0 Å². The average molecular weight is 472 g/mol. The van der Waals surface area contributed by atoms with Gasteiger partial charge in [0.2, 0.25) is 0 Å². The van der Waals surface area contributed by atoms with E-state index in [0.29, 0.717) is 19.3 Å². The molecule has 0 unspecified atom stereocenters. The van der Waals surface area contributed by atoms with E-state index in [-0.39, 0.29) is 45.2 Å². The lowest BCUT2D eigenvalue weighted by Gasteiger charge is -2.70. The van der Waals surface area contributed by atoms with Crippen LogP contribution in [0.25, 0.3) is 0 Å². The highest BCUT2D eigenvalue weighted by molar-refractivity contribution is 5.95. The van der Waals surface area contributed by atoms with Gasteiger partial charge in [0.1, 0.15) is 0 Å². The van der Waals surface area contributed by atoms with Crippen LogP contribution >= 0.6 is 0 Å². The Labute approximate surface area is 204 Å². The topological polar surface area (TPSA) is 101 Å². The Morgan fingerprint density at radius 1 is 0.971 bits per heavy atom. The van der Waals surface area contributed by atoms with Crippen molar-refractivity contribution in [1.29, 1.82) is 0 Å². The van der Waals surface area contributed by atoms with E-state index < -0.39 is 23.0 Å². The minimum absolute atomic E-state index is 0.0651. The Bertz CT molecular complexity index is 971. The van der Waals surface area contributed by atoms with Crippen LogP contribution in [0.1, 0.15) is 99.3 Å². The van der Waals surface area contributed by atoms with Crippen molar-refractivity contribution in [3.05, 3.63) is 11.6 Å². The van der Waals surface area contributed by atoms with Crippen LogP contribution in [0.15, 0.2) is 11.6 Å². The quantitative estimate of drug-likeness (QED) is 0.494. The molecule has 5 heteroatoms. The summed E-state index contributed by atoms with van der Waals surface area (Å²) < 4.78 is 0. The zero-order valence-corrected chi connectivity index (χ0v) is 22.0. The van der Waals surface area contributed by atoms with Crippen LogP contribution in [-0.4, -0.2) is 33.6 Å².